The summed E-state index contributed by atoms with van der Waals surface area (Å²) < 4.78 is 0. The highest BCUT2D eigenvalue weighted by molar-refractivity contribution is 5.79. The van der Waals surface area contributed by atoms with Gasteiger partial charge < -0.3 is 11.1 Å². The van der Waals surface area contributed by atoms with Crippen molar-refractivity contribution < 1.29 is 4.79 Å². The van der Waals surface area contributed by atoms with Crippen LogP contribution in [0.25, 0.3) is 0 Å². The molecular formula is C14H26N2O. The van der Waals surface area contributed by atoms with Crippen molar-refractivity contribution in [3.8, 4) is 0 Å². The summed E-state index contributed by atoms with van der Waals surface area (Å²) in [5, 5.41) is 3.16. The number of hydrogen-bond donors (Lipinski definition) is 2. The molecule has 0 radical (unpaired) electrons. The lowest BCUT2D eigenvalue weighted by atomic mass is 9.88. The highest BCUT2D eigenvalue weighted by Gasteiger charge is 2.43. The second-order valence-corrected chi connectivity index (χ2v) is 5.86. The van der Waals surface area contributed by atoms with Crippen molar-refractivity contribution in [3.05, 3.63) is 0 Å². The minimum Gasteiger partial charge on any atom is -0.352 e. The summed E-state index contributed by atoms with van der Waals surface area (Å²) in [6.07, 6.45) is 8.39. The van der Waals surface area contributed by atoms with Gasteiger partial charge in [-0.05, 0) is 37.5 Å². The van der Waals surface area contributed by atoms with E-state index in [0.29, 0.717) is 18.4 Å². The van der Waals surface area contributed by atoms with Crippen molar-refractivity contribution >= 4 is 5.91 Å². The molecule has 0 aromatic heterocycles. The van der Waals surface area contributed by atoms with Crippen LogP contribution in [-0.2, 0) is 4.79 Å². The van der Waals surface area contributed by atoms with Gasteiger partial charge in [0.15, 0.2) is 0 Å². The molecule has 2 saturated carbocycles. The van der Waals surface area contributed by atoms with E-state index in [1.54, 1.807) is 0 Å². The van der Waals surface area contributed by atoms with Crippen molar-refractivity contribution in [2.24, 2.45) is 23.5 Å². The first kappa shape index (κ1) is 12.9. The molecule has 98 valence electrons. The second kappa shape index (κ2) is 5.85. The van der Waals surface area contributed by atoms with E-state index < -0.39 is 0 Å². The fourth-order valence-corrected chi connectivity index (χ4v) is 3.57. The van der Waals surface area contributed by atoms with Gasteiger partial charge >= 0.3 is 0 Å². The number of carbonyl (C=O) groups is 1. The van der Waals surface area contributed by atoms with Crippen LogP contribution in [0, 0.1) is 17.8 Å². The van der Waals surface area contributed by atoms with Gasteiger partial charge in [-0.15, -0.1) is 0 Å². The van der Waals surface area contributed by atoms with Crippen LogP contribution in [0.1, 0.15) is 51.9 Å². The smallest absolute Gasteiger partial charge is 0.223 e. The van der Waals surface area contributed by atoms with Gasteiger partial charge in [0.25, 0.3) is 0 Å². The Labute approximate surface area is 105 Å². The number of hydrogen-bond acceptors (Lipinski definition) is 2. The molecule has 3 heteroatoms. The summed E-state index contributed by atoms with van der Waals surface area (Å²) in [6.45, 7) is 2.75. The van der Waals surface area contributed by atoms with Crippen LogP contribution >= 0.6 is 0 Å². The van der Waals surface area contributed by atoms with Gasteiger partial charge in [-0.2, -0.15) is 0 Å². The Morgan fingerprint density at radius 2 is 2.24 bits per heavy atom. The van der Waals surface area contributed by atoms with Gasteiger partial charge in [0.05, 0.1) is 0 Å². The molecule has 1 amide bonds. The predicted octanol–water partition coefficient (Wildman–Crippen LogP) is 2.06. The van der Waals surface area contributed by atoms with Gasteiger partial charge in [0, 0.05) is 18.5 Å². The molecule has 2 fully saturated rings. The maximum Gasteiger partial charge on any atom is 0.223 e. The molecule has 2 aliphatic carbocycles. The average molecular weight is 238 g/mol. The van der Waals surface area contributed by atoms with Gasteiger partial charge in [-0.3, -0.25) is 4.79 Å². The van der Waals surface area contributed by atoms with E-state index in [9.17, 15) is 4.79 Å². The minimum atomic E-state index is 0.196. The van der Waals surface area contributed by atoms with E-state index in [1.165, 1.54) is 25.7 Å². The Bertz CT molecular complexity index is 267. The highest BCUT2D eigenvalue weighted by atomic mass is 16.2. The first-order valence-corrected chi connectivity index (χ1v) is 7.25. The Balaban J connectivity index is 1.79. The van der Waals surface area contributed by atoms with E-state index >= 15 is 0 Å². The van der Waals surface area contributed by atoms with Crippen molar-refractivity contribution in [1.29, 1.82) is 0 Å². The zero-order valence-corrected chi connectivity index (χ0v) is 11.0. The summed E-state index contributed by atoms with van der Waals surface area (Å²) in [7, 11) is 0. The van der Waals surface area contributed by atoms with Crippen LogP contribution < -0.4 is 11.1 Å². The van der Waals surface area contributed by atoms with Crippen molar-refractivity contribution in [2.45, 2.75) is 57.9 Å². The number of amides is 1. The zero-order chi connectivity index (χ0) is 12.3. The van der Waals surface area contributed by atoms with Crippen molar-refractivity contribution in [3.63, 3.8) is 0 Å². The third-order valence-electron chi connectivity index (χ3n) is 4.61. The molecule has 4 atom stereocenters. The molecule has 17 heavy (non-hydrogen) atoms. The molecular weight excluding hydrogens is 212 g/mol. The zero-order valence-electron chi connectivity index (χ0n) is 11.0. The lowest BCUT2D eigenvalue weighted by molar-refractivity contribution is -0.127. The molecule has 4 unspecified atom stereocenters. The molecule has 3 nitrogen and oxygen atoms in total. The Morgan fingerprint density at radius 1 is 1.41 bits per heavy atom. The minimum absolute atomic E-state index is 0.196. The molecule has 0 heterocycles. The van der Waals surface area contributed by atoms with Gasteiger partial charge in [-0.1, -0.05) is 26.2 Å². The maximum absolute atomic E-state index is 12.2. The molecule has 2 rings (SSSR count). The number of unbranched alkanes of at least 4 members (excludes halogenated alkanes) is 1. The first-order chi connectivity index (χ1) is 8.24. The molecule has 0 spiro atoms. The monoisotopic (exact) mass is 238 g/mol. The number of rotatable bonds is 6. The van der Waals surface area contributed by atoms with Crippen molar-refractivity contribution in [2.75, 3.05) is 6.54 Å². The molecule has 2 aliphatic rings. The molecule has 3 N–H and O–H groups in total. The van der Waals surface area contributed by atoms with E-state index in [0.717, 1.165) is 25.2 Å². The summed E-state index contributed by atoms with van der Waals surface area (Å²) in [6, 6.07) is 0.196. The lowest BCUT2D eigenvalue weighted by Crippen LogP contribution is -2.44. The lowest BCUT2D eigenvalue weighted by Gasteiger charge is -2.24. The standard InChI is InChI=1S/C14H26N2O/c1-2-3-4-12(9-15)16-14(17)13-8-10-5-6-11(13)7-10/h10-13H,2-9,15H2,1H3,(H,16,17). The van der Waals surface area contributed by atoms with E-state index in [4.69, 9.17) is 5.73 Å². The third-order valence-corrected chi connectivity index (χ3v) is 4.61. The highest BCUT2D eigenvalue weighted by Crippen LogP contribution is 2.48. The first-order valence-electron chi connectivity index (χ1n) is 7.25. The van der Waals surface area contributed by atoms with Gasteiger partial charge in [-0.25, -0.2) is 0 Å². The number of carbonyl (C=O) groups excluding carboxylic acids is 1. The van der Waals surface area contributed by atoms with E-state index in [2.05, 4.69) is 12.2 Å². The second-order valence-electron chi connectivity index (χ2n) is 5.86. The molecule has 0 saturated heterocycles. The maximum atomic E-state index is 12.2. The summed E-state index contributed by atoms with van der Waals surface area (Å²) >= 11 is 0. The van der Waals surface area contributed by atoms with Gasteiger partial charge in [0.1, 0.15) is 0 Å². The summed E-state index contributed by atoms with van der Waals surface area (Å²) in [5.74, 6) is 2.08. The Morgan fingerprint density at radius 3 is 2.76 bits per heavy atom. The average Bonchev–Trinajstić information content (AvgIpc) is 2.96. The van der Waals surface area contributed by atoms with E-state index in [1.807, 2.05) is 0 Å². The molecule has 0 aromatic carbocycles. The summed E-state index contributed by atoms with van der Waals surface area (Å²) in [4.78, 5) is 12.2. The quantitative estimate of drug-likeness (QED) is 0.744. The Kier molecular flexibility index (Phi) is 4.43. The normalized spacial score (nSPS) is 32.7. The van der Waals surface area contributed by atoms with Crippen LogP contribution in [0.4, 0.5) is 0 Å². The SMILES string of the molecule is CCCCC(CN)NC(=O)C1CC2CCC1C2. The number of nitrogens with two attached hydrogens (primary N) is 1. The topological polar surface area (TPSA) is 55.1 Å². The fourth-order valence-electron chi connectivity index (χ4n) is 3.57. The Hall–Kier alpha value is -0.570. The molecule has 2 bridgehead atoms. The number of nitrogens with one attached hydrogen (secondary N) is 1. The van der Waals surface area contributed by atoms with Crippen LogP contribution in [0.3, 0.4) is 0 Å². The fraction of sp³-hybridized carbons (Fsp3) is 0.929. The van der Waals surface area contributed by atoms with Crippen LogP contribution in [0.2, 0.25) is 0 Å². The summed E-state index contributed by atoms with van der Waals surface area (Å²) in [5.41, 5.74) is 5.72. The predicted molar refractivity (Wildman–Crippen MR) is 69.4 cm³/mol. The van der Waals surface area contributed by atoms with Crippen molar-refractivity contribution in [1.82, 2.24) is 5.32 Å². The van der Waals surface area contributed by atoms with Crippen LogP contribution in [0.5, 0.6) is 0 Å². The van der Waals surface area contributed by atoms with Crippen LogP contribution in [-0.4, -0.2) is 18.5 Å². The number of fused-ring (bicyclic) bond motifs is 2. The van der Waals surface area contributed by atoms with Gasteiger partial charge in [0.2, 0.25) is 5.91 Å². The largest absolute Gasteiger partial charge is 0.352 e. The third kappa shape index (κ3) is 3.01. The molecule has 0 aromatic rings. The van der Waals surface area contributed by atoms with E-state index in [-0.39, 0.29) is 11.9 Å². The van der Waals surface area contributed by atoms with Crippen LogP contribution in [0.15, 0.2) is 0 Å². The molecule has 0 aliphatic heterocycles.